The number of morpholine rings is 1. The number of rotatable bonds is 5. The molecule has 0 aliphatic carbocycles. The van der Waals surface area contributed by atoms with Crippen LogP contribution in [0.25, 0.3) is 0 Å². The van der Waals surface area contributed by atoms with Gasteiger partial charge >= 0.3 is 6.18 Å². The molecule has 1 aliphatic rings. The first kappa shape index (κ1) is 22.6. The number of para-hydroxylation sites is 1. The van der Waals surface area contributed by atoms with Gasteiger partial charge in [-0.15, -0.1) is 0 Å². The number of nitrogens with one attached hydrogen (secondary N) is 2. The summed E-state index contributed by atoms with van der Waals surface area (Å²) >= 11 is 0. The number of hydrogen-bond donors (Lipinski definition) is 2. The average molecular weight is 435 g/mol. The highest BCUT2D eigenvalue weighted by Gasteiger charge is 2.33. The first-order valence-electron chi connectivity index (χ1n) is 9.88. The zero-order valence-electron chi connectivity index (χ0n) is 17.2. The number of halogens is 3. The summed E-state index contributed by atoms with van der Waals surface area (Å²) in [5.41, 5.74) is -0.121. The van der Waals surface area contributed by atoms with E-state index in [4.69, 9.17) is 4.74 Å². The quantitative estimate of drug-likeness (QED) is 0.745. The van der Waals surface area contributed by atoms with E-state index in [-0.39, 0.29) is 30.3 Å². The van der Waals surface area contributed by atoms with E-state index < -0.39 is 17.6 Å². The smallest absolute Gasteiger partial charge is 0.376 e. The second kappa shape index (κ2) is 9.38. The van der Waals surface area contributed by atoms with Crippen molar-refractivity contribution in [1.82, 2.24) is 4.90 Å². The molecule has 9 heteroatoms. The number of alkyl halides is 3. The Balaban J connectivity index is 1.56. The second-order valence-corrected chi connectivity index (χ2v) is 7.49. The summed E-state index contributed by atoms with van der Waals surface area (Å²) in [5.74, 6) is -0.719. The fourth-order valence-electron chi connectivity index (χ4n) is 3.47. The van der Waals surface area contributed by atoms with Crippen molar-refractivity contribution in [3.8, 4) is 0 Å². The van der Waals surface area contributed by atoms with Crippen LogP contribution in [0.15, 0.2) is 48.5 Å². The maximum Gasteiger partial charge on any atom is 0.418 e. The largest absolute Gasteiger partial charge is 0.418 e. The Morgan fingerprint density at radius 2 is 1.65 bits per heavy atom. The summed E-state index contributed by atoms with van der Waals surface area (Å²) < 4.78 is 44.7. The molecule has 0 saturated carbocycles. The summed E-state index contributed by atoms with van der Waals surface area (Å²) in [4.78, 5) is 26.5. The molecule has 0 spiro atoms. The molecular weight excluding hydrogens is 411 g/mol. The SMILES string of the molecule is CC1CN(C(=O)c2ccc(NCC(=O)Nc3ccccc3C(F)(F)F)cc2)CC(C)O1. The van der Waals surface area contributed by atoms with Crippen LogP contribution in [0.2, 0.25) is 0 Å². The van der Waals surface area contributed by atoms with Gasteiger partial charge in [-0.3, -0.25) is 9.59 Å². The highest BCUT2D eigenvalue weighted by molar-refractivity contribution is 5.96. The Labute approximate surface area is 178 Å². The molecule has 0 bridgehead atoms. The van der Waals surface area contributed by atoms with Crippen molar-refractivity contribution in [3.05, 3.63) is 59.7 Å². The molecule has 1 aliphatic heterocycles. The molecule has 2 unspecified atom stereocenters. The van der Waals surface area contributed by atoms with Gasteiger partial charge in [0.15, 0.2) is 0 Å². The molecule has 2 N–H and O–H groups in total. The lowest BCUT2D eigenvalue weighted by Crippen LogP contribution is -2.48. The number of anilines is 2. The molecule has 31 heavy (non-hydrogen) atoms. The third-order valence-electron chi connectivity index (χ3n) is 4.80. The van der Waals surface area contributed by atoms with Crippen molar-refractivity contribution < 1.29 is 27.5 Å². The topological polar surface area (TPSA) is 70.7 Å². The highest BCUT2D eigenvalue weighted by atomic mass is 19.4. The van der Waals surface area contributed by atoms with Crippen molar-refractivity contribution in [1.29, 1.82) is 0 Å². The van der Waals surface area contributed by atoms with Crippen LogP contribution >= 0.6 is 0 Å². The molecule has 6 nitrogen and oxygen atoms in total. The predicted octanol–water partition coefficient (Wildman–Crippen LogP) is 4.01. The average Bonchev–Trinajstić information content (AvgIpc) is 2.71. The van der Waals surface area contributed by atoms with Gasteiger partial charge in [-0.05, 0) is 50.2 Å². The Hall–Kier alpha value is -3.07. The number of carbonyl (C=O) groups excluding carboxylic acids is 2. The van der Waals surface area contributed by atoms with Gasteiger partial charge in [-0.25, -0.2) is 0 Å². The van der Waals surface area contributed by atoms with Crippen molar-refractivity contribution in [2.75, 3.05) is 30.3 Å². The number of amides is 2. The lowest BCUT2D eigenvalue weighted by atomic mass is 10.1. The molecule has 1 heterocycles. The minimum absolute atomic E-state index is 0.0328. The van der Waals surface area contributed by atoms with Gasteiger partial charge in [0.1, 0.15) is 0 Å². The third-order valence-corrected chi connectivity index (χ3v) is 4.80. The Morgan fingerprint density at radius 3 is 2.26 bits per heavy atom. The zero-order valence-corrected chi connectivity index (χ0v) is 17.2. The lowest BCUT2D eigenvalue weighted by molar-refractivity contribution is -0.137. The number of benzene rings is 2. The monoisotopic (exact) mass is 435 g/mol. The van der Waals surface area contributed by atoms with Crippen molar-refractivity contribution >= 4 is 23.2 Å². The van der Waals surface area contributed by atoms with Gasteiger partial charge in [0, 0.05) is 24.3 Å². The fraction of sp³-hybridized carbons (Fsp3) is 0.364. The summed E-state index contributed by atoms with van der Waals surface area (Å²) in [7, 11) is 0. The van der Waals surface area contributed by atoms with E-state index in [0.717, 1.165) is 6.07 Å². The lowest BCUT2D eigenvalue weighted by Gasteiger charge is -2.35. The molecule has 0 aromatic heterocycles. The van der Waals surface area contributed by atoms with Crippen LogP contribution in [0.3, 0.4) is 0 Å². The van der Waals surface area contributed by atoms with E-state index in [1.165, 1.54) is 18.2 Å². The number of carbonyl (C=O) groups is 2. The standard InChI is InChI=1S/C22H24F3N3O3/c1-14-12-28(13-15(2)31-14)21(30)16-7-9-17(10-8-16)26-11-20(29)27-19-6-4-3-5-18(19)22(23,24)25/h3-10,14-15,26H,11-13H2,1-2H3,(H,27,29). The number of nitrogens with zero attached hydrogens (tertiary/aromatic N) is 1. The van der Waals surface area contributed by atoms with E-state index >= 15 is 0 Å². The first-order valence-corrected chi connectivity index (χ1v) is 9.88. The van der Waals surface area contributed by atoms with Gasteiger partial charge in [-0.1, -0.05) is 12.1 Å². The molecule has 2 aromatic carbocycles. The van der Waals surface area contributed by atoms with Crippen LogP contribution in [0.1, 0.15) is 29.8 Å². The summed E-state index contributed by atoms with van der Waals surface area (Å²) in [6, 6.07) is 11.4. The Kier molecular flexibility index (Phi) is 6.84. The minimum Gasteiger partial charge on any atom is -0.376 e. The molecule has 1 saturated heterocycles. The van der Waals surface area contributed by atoms with E-state index in [1.807, 2.05) is 13.8 Å². The first-order chi connectivity index (χ1) is 14.6. The maximum atomic E-state index is 13.0. The van der Waals surface area contributed by atoms with E-state index in [0.29, 0.717) is 24.3 Å². The van der Waals surface area contributed by atoms with Crippen LogP contribution in [0.5, 0.6) is 0 Å². The molecule has 0 radical (unpaired) electrons. The van der Waals surface area contributed by atoms with E-state index in [2.05, 4.69) is 10.6 Å². The van der Waals surface area contributed by atoms with Gasteiger partial charge < -0.3 is 20.3 Å². The van der Waals surface area contributed by atoms with Crippen LogP contribution in [0.4, 0.5) is 24.5 Å². The molecule has 2 aromatic rings. The zero-order chi connectivity index (χ0) is 22.6. The third kappa shape index (κ3) is 5.97. The maximum absolute atomic E-state index is 13.0. The van der Waals surface area contributed by atoms with Gasteiger partial charge in [-0.2, -0.15) is 13.2 Å². The van der Waals surface area contributed by atoms with E-state index in [1.54, 1.807) is 29.2 Å². The normalized spacial score (nSPS) is 19.1. The van der Waals surface area contributed by atoms with Crippen LogP contribution in [-0.2, 0) is 15.7 Å². The minimum atomic E-state index is -4.56. The van der Waals surface area contributed by atoms with Crippen molar-refractivity contribution in [3.63, 3.8) is 0 Å². The molecule has 2 amide bonds. The Morgan fingerprint density at radius 1 is 1.03 bits per heavy atom. The van der Waals surface area contributed by atoms with Gasteiger partial charge in [0.25, 0.3) is 5.91 Å². The summed E-state index contributed by atoms with van der Waals surface area (Å²) in [6.45, 7) is 4.64. The van der Waals surface area contributed by atoms with Crippen LogP contribution in [0, 0.1) is 0 Å². The fourth-order valence-corrected chi connectivity index (χ4v) is 3.47. The molecule has 166 valence electrons. The second-order valence-electron chi connectivity index (χ2n) is 7.49. The van der Waals surface area contributed by atoms with E-state index in [9.17, 15) is 22.8 Å². The van der Waals surface area contributed by atoms with Gasteiger partial charge in [0.05, 0.1) is 30.0 Å². The molecule has 1 fully saturated rings. The van der Waals surface area contributed by atoms with Crippen LogP contribution in [-0.4, -0.2) is 48.6 Å². The summed E-state index contributed by atoms with van der Waals surface area (Å²) in [6.07, 6.45) is -4.63. The highest BCUT2D eigenvalue weighted by Crippen LogP contribution is 2.34. The van der Waals surface area contributed by atoms with Gasteiger partial charge in [0.2, 0.25) is 5.91 Å². The van der Waals surface area contributed by atoms with Crippen LogP contribution < -0.4 is 10.6 Å². The van der Waals surface area contributed by atoms with Crippen molar-refractivity contribution in [2.45, 2.75) is 32.2 Å². The molecular formula is C22H24F3N3O3. The Bertz CT molecular complexity index is 922. The molecule has 2 atom stereocenters. The van der Waals surface area contributed by atoms with Crippen molar-refractivity contribution in [2.24, 2.45) is 0 Å². The number of ether oxygens (including phenoxy) is 1. The summed E-state index contributed by atoms with van der Waals surface area (Å²) in [5, 5.41) is 5.12. The number of hydrogen-bond acceptors (Lipinski definition) is 4. The molecule has 3 rings (SSSR count). The predicted molar refractivity (Wildman–Crippen MR) is 111 cm³/mol.